The molecule has 0 amide bonds. The van der Waals surface area contributed by atoms with Gasteiger partial charge in [0.15, 0.2) is 0 Å². The highest BCUT2D eigenvalue weighted by atomic mass is 16.3. The maximum Gasteiger partial charge on any atom is 0.0609 e. The lowest BCUT2D eigenvalue weighted by atomic mass is 9.77. The predicted molar refractivity (Wildman–Crippen MR) is 49.1 cm³/mol. The summed E-state index contributed by atoms with van der Waals surface area (Å²) in [5.74, 6) is 0. The van der Waals surface area contributed by atoms with E-state index in [1.54, 1.807) is 0 Å². The molecule has 0 spiro atoms. The van der Waals surface area contributed by atoms with Crippen LogP contribution in [0.2, 0.25) is 0 Å². The monoisotopic (exact) mass is 169 g/mol. The minimum atomic E-state index is -0.483. The van der Waals surface area contributed by atoms with E-state index < -0.39 is 5.60 Å². The molecular weight excluding hydrogens is 150 g/mol. The van der Waals surface area contributed by atoms with Crippen molar-refractivity contribution in [2.24, 2.45) is 0 Å². The zero-order valence-corrected chi connectivity index (χ0v) is 8.14. The van der Waals surface area contributed by atoms with Gasteiger partial charge in [-0.05, 0) is 46.1 Å². The van der Waals surface area contributed by atoms with Crippen molar-refractivity contribution in [2.45, 2.75) is 50.7 Å². The Labute approximate surface area is 74.6 Å². The average Bonchev–Trinajstić information content (AvgIpc) is 2.11. The summed E-state index contributed by atoms with van der Waals surface area (Å²) in [5.41, 5.74) is -0.0821. The Hall–Kier alpha value is -0.0800. The summed E-state index contributed by atoms with van der Waals surface area (Å²) in [4.78, 5) is 2.55. The van der Waals surface area contributed by atoms with E-state index in [4.69, 9.17) is 0 Å². The quantitative estimate of drug-likeness (QED) is 0.675. The van der Waals surface area contributed by atoms with Crippen LogP contribution in [0.4, 0.5) is 0 Å². The largest absolute Gasteiger partial charge is 0.390 e. The lowest BCUT2D eigenvalue weighted by Crippen LogP contribution is -2.58. The average molecular weight is 169 g/mol. The molecule has 0 radical (unpaired) electrons. The zero-order chi connectivity index (χ0) is 8.82. The fourth-order valence-electron chi connectivity index (χ4n) is 2.91. The second-order valence-corrected chi connectivity index (χ2v) is 5.05. The number of hydrogen-bond acceptors (Lipinski definition) is 2. The first-order valence-electron chi connectivity index (χ1n) is 4.99. The van der Waals surface area contributed by atoms with Crippen molar-refractivity contribution in [3.05, 3.63) is 0 Å². The van der Waals surface area contributed by atoms with E-state index in [-0.39, 0.29) is 0 Å². The molecule has 2 nitrogen and oxygen atoms in total. The van der Waals surface area contributed by atoms with Gasteiger partial charge >= 0.3 is 0 Å². The Bertz CT molecular complexity index is 185. The lowest BCUT2D eigenvalue weighted by molar-refractivity contribution is -0.0482. The molecule has 2 saturated heterocycles. The Morgan fingerprint density at radius 3 is 2.50 bits per heavy atom. The summed E-state index contributed by atoms with van der Waals surface area (Å²) in [7, 11) is 0. The molecule has 0 bridgehead atoms. The van der Waals surface area contributed by atoms with E-state index in [0.29, 0.717) is 5.54 Å². The summed E-state index contributed by atoms with van der Waals surface area (Å²) in [6, 6.07) is 0. The third-order valence-electron chi connectivity index (χ3n) is 3.35. The molecule has 0 saturated carbocycles. The van der Waals surface area contributed by atoms with Crippen LogP contribution in [-0.2, 0) is 0 Å². The van der Waals surface area contributed by atoms with Crippen molar-refractivity contribution in [1.82, 2.24) is 4.90 Å². The van der Waals surface area contributed by atoms with Gasteiger partial charge in [0.2, 0.25) is 0 Å². The first-order chi connectivity index (χ1) is 5.52. The van der Waals surface area contributed by atoms with E-state index in [1.807, 2.05) is 13.8 Å². The maximum absolute atomic E-state index is 9.77. The van der Waals surface area contributed by atoms with Crippen molar-refractivity contribution in [1.29, 1.82) is 0 Å². The summed E-state index contributed by atoms with van der Waals surface area (Å²) in [6.45, 7) is 6.37. The van der Waals surface area contributed by atoms with Crippen LogP contribution in [0.25, 0.3) is 0 Å². The minimum absolute atomic E-state index is 0.401. The van der Waals surface area contributed by atoms with Crippen molar-refractivity contribution in [2.75, 3.05) is 13.1 Å². The number of hydrogen-bond donors (Lipinski definition) is 1. The topological polar surface area (TPSA) is 23.5 Å². The molecule has 0 aliphatic carbocycles. The second-order valence-electron chi connectivity index (χ2n) is 5.05. The Morgan fingerprint density at radius 2 is 2.08 bits per heavy atom. The number of rotatable bonds is 2. The Balaban J connectivity index is 2.02. The number of aliphatic hydroxyl groups is 1. The third kappa shape index (κ3) is 1.27. The van der Waals surface area contributed by atoms with Gasteiger partial charge in [0, 0.05) is 12.1 Å². The molecule has 0 aromatic carbocycles. The molecule has 1 unspecified atom stereocenters. The van der Waals surface area contributed by atoms with Gasteiger partial charge in [-0.1, -0.05) is 0 Å². The molecule has 1 atom stereocenters. The predicted octanol–water partition coefficient (Wildman–Crippen LogP) is 1.39. The fraction of sp³-hybridized carbons (Fsp3) is 1.00. The second kappa shape index (κ2) is 2.46. The molecule has 1 N–H and O–H groups in total. The SMILES string of the molecule is CC(C)(O)CC12CCCN1CC2. The zero-order valence-electron chi connectivity index (χ0n) is 8.14. The van der Waals surface area contributed by atoms with Crippen LogP contribution in [0, 0.1) is 0 Å². The molecule has 70 valence electrons. The summed E-state index contributed by atoms with van der Waals surface area (Å²) < 4.78 is 0. The summed E-state index contributed by atoms with van der Waals surface area (Å²) >= 11 is 0. The Morgan fingerprint density at radius 1 is 1.33 bits per heavy atom. The van der Waals surface area contributed by atoms with Crippen LogP contribution in [0.15, 0.2) is 0 Å². The molecule has 0 aromatic heterocycles. The first kappa shape index (κ1) is 8.52. The first-order valence-corrected chi connectivity index (χ1v) is 4.99. The normalized spacial score (nSPS) is 36.2. The van der Waals surface area contributed by atoms with Crippen molar-refractivity contribution in [3.63, 3.8) is 0 Å². The van der Waals surface area contributed by atoms with Crippen LogP contribution in [0.3, 0.4) is 0 Å². The molecular formula is C10H19NO. The standard InChI is InChI=1S/C10H19NO/c1-9(2,12)8-10-4-3-6-11(10)7-5-10/h12H,3-8H2,1-2H3. The van der Waals surface area contributed by atoms with Gasteiger partial charge in [-0.15, -0.1) is 0 Å². The van der Waals surface area contributed by atoms with Gasteiger partial charge in [0.05, 0.1) is 5.60 Å². The van der Waals surface area contributed by atoms with Gasteiger partial charge in [-0.3, -0.25) is 4.90 Å². The van der Waals surface area contributed by atoms with Crippen LogP contribution < -0.4 is 0 Å². The highest BCUT2D eigenvalue weighted by Gasteiger charge is 2.49. The van der Waals surface area contributed by atoms with Gasteiger partial charge in [0.1, 0.15) is 0 Å². The van der Waals surface area contributed by atoms with E-state index in [2.05, 4.69) is 4.90 Å². The smallest absolute Gasteiger partial charge is 0.0609 e. The van der Waals surface area contributed by atoms with Crippen LogP contribution in [0.5, 0.6) is 0 Å². The van der Waals surface area contributed by atoms with Crippen LogP contribution in [-0.4, -0.2) is 34.2 Å². The van der Waals surface area contributed by atoms with Gasteiger partial charge in [0.25, 0.3) is 0 Å². The molecule has 2 rings (SSSR count). The Kier molecular flexibility index (Phi) is 1.74. The molecule has 2 heterocycles. The maximum atomic E-state index is 9.77. The van der Waals surface area contributed by atoms with Gasteiger partial charge < -0.3 is 5.11 Å². The summed E-state index contributed by atoms with van der Waals surface area (Å²) in [6.07, 6.45) is 4.89. The number of nitrogens with zero attached hydrogens (tertiary/aromatic N) is 1. The summed E-state index contributed by atoms with van der Waals surface area (Å²) in [5, 5.41) is 9.77. The number of fused-ring (bicyclic) bond motifs is 1. The van der Waals surface area contributed by atoms with E-state index in [1.165, 1.54) is 32.4 Å². The van der Waals surface area contributed by atoms with Crippen molar-refractivity contribution < 1.29 is 5.11 Å². The molecule has 2 aliphatic rings. The van der Waals surface area contributed by atoms with E-state index >= 15 is 0 Å². The van der Waals surface area contributed by atoms with Gasteiger partial charge in [-0.25, -0.2) is 0 Å². The molecule has 2 aliphatic heterocycles. The molecule has 12 heavy (non-hydrogen) atoms. The van der Waals surface area contributed by atoms with Crippen molar-refractivity contribution in [3.8, 4) is 0 Å². The van der Waals surface area contributed by atoms with E-state index in [9.17, 15) is 5.11 Å². The molecule has 2 heteroatoms. The van der Waals surface area contributed by atoms with Crippen molar-refractivity contribution >= 4 is 0 Å². The highest BCUT2D eigenvalue weighted by Crippen LogP contribution is 2.45. The highest BCUT2D eigenvalue weighted by molar-refractivity contribution is 5.05. The van der Waals surface area contributed by atoms with Crippen LogP contribution >= 0.6 is 0 Å². The molecule has 2 fully saturated rings. The minimum Gasteiger partial charge on any atom is -0.390 e. The molecule has 0 aromatic rings. The lowest BCUT2D eigenvalue weighted by Gasteiger charge is -2.50. The third-order valence-corrected chi connectivity index (χ3v) is 3.35. The van der Waals surface area contributed by atoms with Gasteiger partial charge in [-0.2, -0.15) is 0 Å². The van der Waals surface area contributed by atoms with E-state index in [0.717, 1.165) is 6.42 Å². The van der Waals surface area contributed by atoms with Crippen LogP contribution in [0.1, 0.15) is 39.5 Å². The fourth-order valence-corrected chi connectivity index (χ4v) is 2.91.